The van der Waals surface area contributed by atoms with Gasteiger partial charge in [-0.1, -0.05) is 71.2 Å². The van der Waals surface area contributed by atoms with Crippen molar-refractivity contribution >= 4 is 28.2 Å². The average molecular weight is 296 g/mol. The SMILES string of the molecule is CC1(I)CC=CC=C1c1ccccc1. The number of hydrogen-bond acceptors (Lipinski definition) is 0. The van der Waals surface area contributed by atoms with E-state index in [0.717, 1.165) is 6.42 Å². The molecule has 0 aliphatic heterocycles. The molecule has 0 radical (unpaired) electrons. The van der Waals surface area contributed by atoms with Crippen molar-refractivity contribution in [3.05, 3.63) is 54.1 Å². The zero-order valence-electron chi connectivity index (χ0n) is 8.20. The van der Waals surface area contributed by atoms with Gasteiger partial charge in [0.2, 0.25) is 0 Å². The van der Waals surface area contributed by atoms with Crippen LogP contribution in [0.15, 0.2) is 48.6 Å². The number of hydrogen-bond donors (Lipinski definition) is 0. The second kappa shape index (κ2) is 3.89. The summed E-state index contributed by atoms with van der Waals surface area (Å²) in [7, 11) is 0. The summed E-state index contributed by atoms with van der Waals surface area (Å²) in [6, 6.07) is 10.6. The molecule has 1 aliphatic rings. The molecule has 72 valence electrons. The molecule has 0 saturated heterocycles. The van der Waals surface area contributed by atoms with E-state index in [1.54, 1.807) is 0 Å². The fourth-order valence-corrected chi connectivity index (χ4v) is 2.50. The highest BCUT2D eigenvalue weighted by Crippen LogP contribution is 2.40. The van der Waals surface area contributed by atoms with Crippen LogP contribution in [0.5, 0.6) is 0 Å². The molecule has 0 aromatic heterocycles. The van der Waals surface area contributed by atoms with Gasteiger partial charge in [-0.25, -0.2) is 0 Å². The van der Waals surface area contributed by atoms with E-state index in [9.17, 15) is 0 Å². The maximum Gasteiger partial charge on any atom is 0.0482 e. The van der Waals surface area contributed by atoms with Crippen LogP contribution in [0.2, 0.25) is 0 Å². The minimum atomic E-state index is 0.244. The van der Waals surface area contributed by atoms with E-state index in [-0.39, 0.29) is 3.42 Å². The van der Waals surface area contributed by atoms with Crippen LogP contribution in [-0.4, -0.2) is 3.42 Å². The number of alkyl halides is 1. The van der Waals surface area contributed by atoms with Crippen molar-refractivity contribution < 1.29 is 0 Å². The van der Waals surface area contributed by atoms with Gasteiger partial charge in [0.15, 0.2) is 0 Å². The second-order valence-electron chi connectivity index (χ2n) is 3.78. The van der Waals surface area contributed by atoms with Crippen molar-refractivity contribution in [3.8, 4) is 0 Å². The lowest BCUT2D eigenvalue weighted by Gasteiger charge is -2.27. The predicted molar refractivity (Wildman–Crippen MR) is 70.6 cm³/mol. The van der Waals surface area contributed by atoms with E-state index in [4.69, 9.17) is 0 Å². The Morgan fingerprint density at radius 3 is 2.57 bits per heavy atom. The number of allylic oxidation sites excluding steroid dienone is 4. The Kier molecular flexibility index (Phi) is 2.77. The van der Waals surface area contributed by atoms with Gasteiger partial charge in [-0.3, -0.25) is 0 Å². The van der Waals surface area contributed by atoms with Gasteiger partial charge < -0.3 is 0 Å². The van der Waals surface area contributed by atoms with Crippen LogP contribution in [0.3, 0.4) is 0 Å². The van der Waals surface area contributed by atoms with Crippen LogP contribution in [0, 0.1) is 0 Å². The monoisotopic (exact) mass is 296 g/mol. The van der Waals surface area contributed by atoms with Crippen LogP contribution in [0.25, 0.3) is 5.57 Å². The minimum Gasteiger partial charge on any atom is -0.0829 e. The largest absolute Gasteiger partial charge is 0.0829 e. The van der Waals surface area contributed by atoms with Crippen molar-refractivity contribution in [2.75, 3.05) is 0 Å². The molecule has 1 aromatic carbocycles. The van der Waals surface area contributed by atoms with Gasteiger partial charge in [0, 0.05) is 3.42 Å². The molecule has 0 saturated carbocycles. The third-order valence-electron chi connectivity index (χ3n) is 2.55. The molecule has 0 N–H and O–H groups in total. The lowest BCUT2D eigenvalue weighted by atomic mass is 9.88. The van der Waals surface area contributed by atoms with Gasteiger partial charge in [-0.15, -0.1) is 0 Å². The van der Waals surface area contributed by atoms with E-state index in [1.165, 1.54) is 11.1 Å². The maximum atomic E-state index is 2.54. The quantitative estimate of drug-likeness (QED) is 0.537. The van der Waals surface area contributed by atoms with Crippen LogP contribution in [0.1, 0.15) is 18.9 Å². The van der Waals surface area contributed by atoms with Crippen LogP contribution < -0.4 is 0 Å². The highest BCUT2D eigenvalue weighted by Gasteiger charge is 2.26. The molecule has 1 unspecified atom stereocenters. The first-order valence-electron chi connectivity index (χ1n) is 4.82. The topological polar surface area (TPSA) is 0 Å². The summed E-state index contributed by atoms with van der Waals surface area (Å²) in [6.07, 6.45) is 7.74. The summed E-state index contributed by atoms with van der Waals surface area (Å²) in [6.45, 7) is 2.29. The third kappa shape index (κ3) is 1.92. The van der Waals surface area contributed by atoms with Crippen molar-refractivity contribution in [1.29, 1.82) is 0 Å². The fraction of sp³-hybridized carbons (Fsp3) is 0.231. The Bertz CT molecular complexity index is 371. The van der Waals surface area contributed by atoms with Gasteiger partial charge in [0.05, 0.1) is 0 Å². The van der Waals surface area contributed by atoms with E-state index in [0.29, 0.717) is 0 Å². The average Bonchev–Trinajstić information content (AvgIpc) is 2.18. The highest BCUT2D eigenvalue weighted by molar-refractivity contribution is 14.1. The molecule has 0 spiro atoms. The molecule has 0 nitrogen and oxygen atoms in total. The molecule has 14 heavy (non-hydrogen) atoms. The zero-order valence-corrected chi connectivity index (χ0v) is 10.4. The van der Waals surface area contributed by atoms with Crippen LogP contribution >= 0.6 is 22.6 Å². The van der Waals surface area contributed by atoms with Gasteiger partial charge in [-0.05, 0) is 24.5 Å². The molecule has 0 fully saturated rings. The summed E-state index contributed by atoms with van der Waals surface area (Å²) in [4.78, 5) is 0. The molecular weight excluding hydrogens is 283 g/mol. The molecule has 0 bridgehead atoms. The number of halogens is 1. The molecule has 0 amide bonds. The Morgan fingerprint density at radius 1 is 1.21 bits per heavy atom. The Hall–Kier alpha value is -0.570. The Balaban J connectivity index is 2.43. The Morgan fingerprint density at radius 2 is 1.93 bits per heavy atom. The summed E-state index contributed by atoms with van der Waals surface area (Å²) in [5.41, 5.74) is 2.77. The van der Waals surface area contributed by atoms with E-state index in [2.05, 4.69) is 78.1 Å². The predicted octanol–water partition coefficient (Wildman–Crippen LogP) is 4.22. The Labute approximate surface area is 98.9 Å². The number of benzene rings is 1. The lowest BCUT2D eigenvalue weighted by molar-refractivity contribution is 0.856. The van der Waals surface area contributed by atoms with Crippen LogP contribution in [-0.2, 0) is 0 Å². The molecule has 0 heterocycles. The van der Waals surface area contributed by atoms with Gasteiger partial charge in [0.1, 0.15) is 0 Å². The zero-order chi connectivity index (χ0) is 10.0. The number of rotatable bonds is 1. The van der Waals surface area contributed by atoms with Crippen LogP contribution in [0.4, 0.5) is 0 Å². The normalized spacial score (nSPS) is 26.0. The summed E-state index contributed by atoms with van der Waals surface area (Å²) in [5, 5.41) is 0. The van der Waals surface area contributed by atoms with Crippen molar-refractivity contribution in [2.24, 2.45) is 0 Å². The lowest BCUT2D eigenvalue weighted by Crippen LogP contribution is -2.18. The summed E-state index contributed by atoms with van der Waals surface area (Å²) in [5.74, 6) is 0. The third-order valence-corrected chi connectivity index (χ3v) is 3.57. The van der Waals surface area contributed by atoms with E-state index >= 15 is 0 Å². The van der Waals surface area contributed by atoms with Crippen molar-refractivity contribution in [2.45, 2.75) is 16.8 Å². The molecular formula is C13H13I. The first kappa shape index (κ1) is 9.97. The van der Waals surface area contributed by atoms with Gasteiger partial charge in [0.25, 0.3) is 0 Å². The van der Waals surface area contributed by atoms with E-state index < -0.39 is 0 Å². The molecule has 1 heteroatoms. The minimum absolute atomic E-state index is 0.244. The molecule has 2 rings (SSSR count). The molecule has 1 atom stereocenters. The molecule has 1 aromatic rings. The smallest absolute Gasteiger partial charge is 0.0482 e. The summed E-state index contributed by atoms with van der Waals surface area (Å²) >= 11 is 2.54. The van der Waals surface area contributed by atoms with Crippen molar-refractivity contribution in [3.63, 3.8) is 0 Å². The highest BCUT2D eigenvalue weighted by atomic mass is 127. The first-order chi connectivity index (χ1) is 6.70. The summed E-state index contributed by atoms with van der Waals surface area (Å²) < 4.78 is 0.244. The van der Waals surface area contributed by atoms with Gasteiger partial charge >= 0.3 is 0 Å². The standard InChI is InChI=1S/C13H13I/c1-13(14)10-6-5-9-12(13)11-7-3-2-4-8-11/h2-9H,10H2,1H3. The maximum absolute atomic E-state index is 2.54. The second-order valence-corrected chi connectivity index (χ2v) is 6.16. The van der Waals surface area contributed by atoms with E-state index in [1.807, 2.05) is 0 Å². The van der Waals surface area contributed by atoms with Gasteiger partial charge in [-0.2, -0.15) is 0 Å². The van der Waals surface area contributed by atoms with Crippen molar-refractivity contribution in [1.82, 2.24) is 0 Å². The fourth-order valence-electron chi connectivity index (χ4n) is 1.75. The first-order valence-corrected chi connectivity index (χ1v) is 5.90. The molecule has 1 aliphatic carbocycles.